The highest BCUT2D eigenvalue weighted by molar-refractivity contribution is 5.52. The van der Waals surface area contributed by atoms with Gasteiger partial charge in [0.05, 0.1) is 20.8 Å². The van der Waals surface area contributed by atoms with Crippen molar-refractivity contribution in [2.45, 2.75) is 18.9 Å². The van der Waals surface area contributed by atoms with Gasteiger partial charge in [-0.05, 0) is 24.6 Å². The van der Waals surface area contributed by atoms with E-state index < -0.39 is 0 Å². The van der Waals surface area contributed by atoms with Crippen molar-refractivity contribution in [1.82, 2.24) is 5.32 Å². The summed E-state index contributed by atoms with van der Waals surface area (Å²) in [7, 11) is 5.08. The Labute approximate surface area is 108 Å². The van der Waals surface area contributed by atoms with Gasteiger partial charge in [0.2, 0.25) is 0 Å². The average molecular weight is 251 g/mol. The largest absolute Gasteiger partial charge is 0.493 e. The zero-order valence-corrected chi connectivity index (χ0v) is 11.3. The maximum Gasteiger partial charge on any atom is 0.164 e. The van der Waals surface area contributed by atoms with Crippen molar-refractivity contribution < 1.29 is 14.2 Å². The Hall–Kier alpha value is -1.26. The van der Waals surface area contributed by atoms with Crippen LogP contribution in [0, 0.1) is 0 Å². The monoisotopic (exact) mass is 251 g/mol. The number of ether oxygens (including phenoxy) is 3. The predicted octanol–water partition coefficient (Wildman–Crippen LogP) is 1.93. The Balaban J connectivity index is 2.47. The van der Waals surface area contributed by atoms with Gasteiger partial charge in [0.15, 0.2) is 11.5 Å². The topological polar surface area (TPSA) is 39.7 Å². The van der Waals surface area contributed by atoms with E-state index in [1.165, 1.54) is 11.1 Å². The molecule has 0 spiro atoms. The lowest BCUT2D eigenvalue weighted by Gasteiger charge is -2.20. The van der Waals surface area contributed by atoms with Gasteiger partial charge in [-0.3, -0.25) is 0 Å². The third kappa shape index (κ3) is 2.44. The van der Waals surface area contributed by atoms with Crippen LogP contribution in [0.1, 0.15) is 23.5 Å². The molecule has 0 amide bonds. The minimum atomic E-state index is 0.472. The molecule has 18 heavy (non-hydrogen) atoms. The van der Waals surface area contributed by atoms with Crippen LogP contribution in [0.25, 0.3) is 0 Å². The van der Waals surface area contributed by atoms with E-state index in [0.717, 1.165) is 31.0 Å². The molecule has 0 aliphatic carbocycles. The van der Waals surface area contributed by atoms with Crippen molar-refractivity contribution in [3.05, 3.63) is 23.3 Å². The van der Waals surface area contributed by atoms with Gasteiger partial charge in [0, 0.05) is 25.1 Å². The molecule has 2 rings (SSSR count). The van der Waals surface area contributed by atoms with Crippen molar-refractivity contribution in [2.75, 3.05) is 34.4 Å². The molecule has 1 aliphatic rings. The summed E-state index contributed by atoms with van der Waals surface area (Å²) < 4.78 is 16.2. The van der Waals surface area contributed by atoms with Crippen LogP contribution in [0.15, 0.2) is 12.1 Å². The zero-order chi connectivity index (χ0) is 13.0. The van der Waals surface area contributed by atoms with E-state index in [2.05, 4.69) is 11.4 Å². The second kappa shape index (κ2) is 6.07. The number of methoxy groups -OCH3 is 3. The first kappa shape index (κ1) is 13.2. The lowest BCUT2D eigenvalue weighted by atomic mass is 9.92. The summed E-state index contributed by atoms with van der Waals surface area (Å²) in [4.78, 5) is 0. The summed E-state index contributed by atoms with van der Waals surface area (Å²) >= 11 is 0. The fourth-order valence-electron chi connectivity index (χ4n) is 2.62. The lowest BCUT2D eigenvalue weighted by Crippen LogP contribution is -2.11. The van der Waals surface area contributed by atoms with Crippen LogP contribution in [0.3, 0.4) is 0 Å². The first-order valence-electron chi connectivity index (χ1n) is 6.25. The van der Waals surface area contributed by atoms with Gasteiger partial charge in [-0.25, -0.2) is 0 Å². The maximum absolute atomic E-state index is 5.56. The van der Waals surface area contributed by atoms with Gasteiger partial charge in [-0.1, -0.05) is 6.07 Å². The van der Waals surface area contributed by atoms with Crippen LogP contribution < -0.4 is 14.8 Å². The van der Waals surface area contributed by atoms with Gasteiger partial charge in [-0.2, -0.15) is 0 Å². The third-order valence-corrected chi connectivity index (χ3v) is 3.44. The molecule has 0 radical (unpaired) electrons. The smallest absolute Gasteiger partial charge is 0.164 e. The molecule has 1 N–H and O–H groups in total. The molecular weight excluding hydrogens is 230 g/mol. The molecule has 1 aromatic carbocycles. The minimum Gasteiger partial charge on any atom is -0.493 e. The molecule has 1 unspecified atom stereocenters. The highest BCUT2D eigenvalue weighted by Gasteiger charge is 2.25. The fraction of sp³-hybridized carbons (Fsp3) is 0.571. The molecule has 1 aliphatic heterocycles. The zero-order valence-electron chi connectivity index (χ0n) is 11.3. The van der Waals surface area contributed by atoms with E-state index in [9.17, 15) is 0 Å². The van der Waals surface area contributed by atoms with Crippen molar-refractivity contribution >= 4 is 0 Å². The number of nitrogens with one attached hydrogen (secondary N) is 1. The van der Waals surface area contributed by atoms with Crippen molar-refractivity contribution in [1.29, 1.82) is 0 Å². The van der Waals surface area contributed by atoms with Crippen molar-refractivity contribution in [2.24, 2.45) is 0 Å². The van der Waals surface area contributed by atoms with E-state index in [4.69, 9.17) is 14.2 Å². The summed E-state index contributed by atoms with van der Waals surface area (Å²) in [5.41, 5.74) is 2.41. The summed E-state index contributed by atoms with van der Waals surface area (Å²) in [6.07, 6.45) is 1.13. The molecule has 1 aromatic rings. The third-order valence-electron chi connectivity index (χ3n) is 3.44. The molecule has 0 bridgehead atoms. The fourth-order valence-corrected chi connectivity index (χ4v) is 2.62. The Bertz CT molecular complexity index is 400. The SMILES string of the molecule is COCc1ccc(OC)c(OC)c1C1CCNC1. The number of benzene rings is 1. The second-order valence-electron chi connectivity index (χ2n) is 4.50. The first-order valence-corrected chi connectivity index (χ1v) is 6.25. The molecule has 1 heterocycles. The molecule has 1 atom stereocenters. The van der Waals surface area contributed by atoms with Crippen LogP contribution in [-0.4, -0.2) is 34.4 Å². The molecule has 1 fully saturated rings. The Morgan fingerprint density at radius 3 is 2.61 bits per heavy atom. The Morgan fingerprint density at radius 2 is 2.06 bits per heavy atom. The summed E-state index contributed by atoms with van der Waals surface area (Å²) in [5, 5.41) is 3.39. The number of hydrogen-bond acceptors (Lipinski definition) is 4. The first-order chi connectivity index (χ1) is 8.81. The lowest BCUT2D eigenvalue weighted by molar-refractivity contribution is 0.183. The predicted molar refractivity (Wildman–Crippen MR) is 70.5 cm³/mol. The average Bonchev–Trinajstić information content (AvgIpc) is 2.92. The van der Waals surface area contributed by atoms with Crippen molar-refractivity contribution in [3.63, 3.8) is 0 Å². The number of hydrogen-bond donors (Lipinski definition) is 1. The van der Waals surface area contributed by atoms with Crippen LogP contribution in [0.2, 0.25) is 0 Å². The minimum absolute atomic E-state index is 0.472. The normalized spacial score (nSPS) is 18.9. The van der Waals surface area contributed by atoms with Crippen LogP contribution in [0.4, 0.5) is 0 Å². The van der Waals surface area contributed by atoms with E-state index in [-0.39, 0.29) is 0 Å². The van der Waals surface area contributed by atoms with E-state index in [1.807, 2.05) is 6.07 Å². The molecule has 1 saturated heterocycles. The Morgan fingerprint density at radius 1 is 1.22 bits per heavy atom. The van der Waals surface area contributed by atoms with Gasteiger partial charge in [0.25, 0.3) is 0 Å². The molecule has 0 aromatic heterocycles. The van der Waals surface area contributed by atoms with Crippen LogP contribution >= 0.6 is 0 Å². The van der Waals surface area contributed by atoms with Crippen LogP contribution in [-0.2, 0) is 11.3 Å². The van der Waals surface area contributed by atoms with E-state index >= 15 is 0 Å². The highest BCUT2D eigenvalue weighted by atomic mass is 16.5. The van der Waals surface area contributed by atoms with Crippen LogP contribution in [0.5, 0.6) is 11.5 Å². The van der Waals surface area contributed by atoms with E-state index in [1.54, 1.807) is 21.3 Å². The summed E-state index contributed by atoms with van der Waals surface area (Å²) in [5.74, 6) is 2.11. The Kier molecular flexibility index (Phi) is 4.44. The quantitative estimate of drug-likeness (QED) is 0.868. The maximum atomic E-state index is 5.56. The molecule has 4 heteroatoms. The molecule has 100 valence electrons. The van der Waals surface area contributed by atoms with Crippen molar-refractivity contribution in [3.8, 4) is 11.5 Å². The molecule has 0 saturated carbocycles. The summed E-state index contributed by atoms with van der Waals surface area (Å²) in [6.45, 7) is 2.64. The highest BCUT2D eigenvalue weighted by Crippen LogP contribution is 2.40. The molecule has 4 nitrogen and oxygen atoms in total. The van der Waals surface area contributed by atoms with Gasteiger partial charge in [0.1, 0.15) is 0 Å². The standard InChI is InChI=1S/C14H21NO3/c1-16-9-11-4-5-12(17-2)14(18-3)13(11)10-6-7-15-8-10/h4-5,10,15H,6-9H2,1-3H3. The summed E-state index contributed by atoms with van der Waals surface area (Å²) in [6, 6.07) is 4.01. The van der Waals surface area contributed by atoms with Gasteiger partial charge in [-0.15, -0.1) is 0 Å². The van der Waals surface area contributed by atoms with E-state index in [0.29, 0.717) is 12.5 Å². The molecular formula is C14H21NO3. The second-order valence-corrected chi connectivity index (χ2v) is 4.50. The van der Waals surface area contributed by atoms with Gasteiger partial charge >= 0.3 is 0 Å². The number of rotatable bonds is 5. The van der Waals surface area contributed by atoms with Gasteiger partial charge < -0.3 is 19.5 Å².